The van der Waals surface area contributed by atoms with Crippen LogP contribution in [-0.2, 0) is 6.54 Å². The van der Waals surface area contributed by atoms with E-state index in [0.717, 1.165) is 31.4 Å². The van der Waals surface area contributed by atoms with E-state index in [2.05, 4.69) is 4.98 Å². The fourth-order valence-corrected chi connectivity index (χ4v) is 3.71. The van der Waals surface area contributed by atoms with Gasteiger partial charge in [0.2, 0.25) is 0 Å². The SMILES string of the molecule is O=C(c1ccc(Cn2ccnc2)o1)N1CCC2(CCC2O)CC1. The van der Waals surface area contributed by atoms with Crippen molar-refractivity contribution in [2.75, 3.05) is 13.1 Å². The highest BCUT2D eigenvalue weighted by atomic mass is 16.4. The lowest BCUT2D eigenvalue weighted by atomic mass is 9.61. The van der Waals surface area contributed by atoms with Crippen LogP contribution in [0.15, 0.2) is 35.3 Å². The molecule has 6 nitrogen and oxygen atoms in total. The van der Waals surface area contributed by atoms with E-state index in [1.165, 1.54) is 0 Å². The molecule has 1 unspecified atom stereocenters. The summed E-state index contributed by atoms with van der Waals surface area (Å²) in [5.41, 5.74) is 0.0759. The third-order valence-electron chi connectivity index (χ3n) is 5.44. The molecule has 122 valence electrons. The minimum Gasteiger partial charge on any atom is -0.454 e. The maximum Gasteiger partial charge on any atom is 0.289 e. The summed E-state index contributed by atoms with van der Waals surface area (Å²) < 4.78 is 7.59. The lowest BCUT2D eigenvalue weighted by Gasteiger charge is -2.51. The van der Waals surface area contributed by atoms with Crippen molar-refractivity contribution >= 4 is 5.91 Å². The highest BCUT2D eigenvalue weighted by Gasteiger charge is 2.48. The van der Waals surface area contributed by atoms with Gasteiger partial charge in [-0.1, -0.05) is 0 Å². The standard InChI is InChI=1S/C17H21N3O3/c21-15-3-4-17(15)5-8-20(9-6-17)16(22)14-2-1-13(23-14)11-19-10-7-18-12-19/h1-2,7,10,12,15,21H,3-6,8-9,11H2. The van der Waals surface area contributed by atoms with Gasteiger partial charge in [0.15, 0.2) is 5.76 Å². The molecule has 1 aliphatic heterocycles. The Balaban J connectivity index is 1.39. The van der Waals surface area contributed by atoms with Crippen LogP contribution < -0.4 is 0 Å². The number of hydrogen-bond donors (Lipinski definition) is 1. The zero-order valence-electron chi connectivity index (χ0n) is 13.0. The Labute approximate surface area is 134 Å². The van der Waals surface area contributed by atoms with Crippen molar-refractivity contribution in [1.82, 2.24) is 14.5 Å². The normalized spacial score (nSPS) is 23.0. The molecule has 4 rings (SSSR count). The molecule has 6 heteroatoms. The van der Waals surface area contributed by atoms with E-state index < -0.39 is 0 Å². The number of carbonyl (C=O) groups is 1. The van der Waals surface area contributed by atoms with Crippen molar-refractivity contribution in [3.63, 3.8) is 0 Å². The molecule has 1 atom stereocenters. The first-order chi connectivity index (χ1) is 11.2. The predicted molar refractivity (Wildman–Crippen MR) is 82.8 cm³/mol. The maximum atomic E-state index is 12.6. The van der Waals surface area contributed by atoms with Gasteiger partial charge in [0.05, 0.1) is 19.0 Å². The van der Waals surface area contributed by atoms with Crippen LogP contribution in [0.4, 0.5) is 0 Å². The number of likely N-dealkylation sites (tertiary alicyclic amines) is 1. The van der Waals surface area contributed by atoms with Gasteiger partial charge in [-0.05, 0) is 43.2 Å². The molecule has 1 aliphatic carbocycles. The Bertz CT molecular complexity index is 684. The van der Waals surface area contributed by atoms with E-state index in [4.69, 9.17) is 4.42 Å². The molecule has 1 saturated heterocycles. The molecule has 2 fully saturated rings. The Morgan fingerprint density at radius 3 is 2.78 bits per heavy atom. The summed E-state index contributed by atoms with van der Waals surface area (Å²) in [6.45, 7) is 1.98. The van der Waals surface area contributed by atoms with Crippen molar-refractivity contribution in [3.05, 3.63) is 42.4 Å². The summed E-state index contributed by atoms with van der Waals surface area (Å²) in [6.07, 6.45) is 8.90. The molecule has 0 aromatic carbocycles. The van der Waals surface area contributed by atoms with Crippen LogP contribution in [0.5, 0.6) is 0 Å². The van der Waals surface area contributed by atoms with E-state index in [9.17, 15) is 9.90 Å². The number of aromatic nitrogens is 2. The largest absolute Gasteiger partial charge is 0.454 e. The average Bonchev–Trinajstić information content (AvgIpc) is 3.25. The van der Waals surface area contributed by atoms with Crippen molar-refractivity contribution in [1.29, 1.82) is 0 Å². The van der Waals surface area contributed by atoms with Gasteiger partial charge in [0.25, 0.3) is 5.91 Å². The van der Waals surface area contributed by atoms with E-state index in [-0.39, 0.29) is 17.4 Å². The molecule has 1 spiro atoms. The van der Waals surface area contributed by atoms with Gasteiger partial charge in [0.1, 0.15) is 5.76 Å². The third-order valence-corrected chi connectivity index (χ3v) is 5.44. The molecule has 1 saturated carbocycles. The number of hydrogen-bond acceptors (Lipinski definition) is 4. The summed E-state index contributed by atoms with van der Waals surface area (Å²) in [6, 6.07) is 3.59. The zero-order valence-corrected chi connectivity index (χ0v) is 13.0. The molecule has 3 heterocycles. The first-order valence-electron chi connectivity index (χ1n) is 8.18. The lowest BCUT2D eigenvalue weighted by molar-refractivity contribution is -0.0954. The van der Waals surface area contributed by atoms with E-state index in [1.807, 2.05) is 21.7 Å². The van der Waals surface area contributed by atoms with Gasteiger partial charge in [-0.15, -0.1) is 0 Å². The number of aliphatic hydroxyl groups is 1. The van der Waals surface area contributed by atoms with Crippen molar-refractivity contribution in [3.8, 4) is 0 Å². The Hall–Kier alpha value is -2.08. The van der Waals surface area contributed by atoms with Gasteiger partial charge in [0, 0.05) is 25.5 Å². The average molecular weight is 315 g/mol. The lowest BCUT2D eigenvalue weighted by Crippen LogP contribution is -2.53. The molecule has 1 amide bonds. The van der Waals surface area contributed by atoms with E-state index in [1.54, 1.807) is 18.6 Å². The van der Waals surface area contributed by atoms with Crippen molar-refractivity contribution < 1.29 is 14.3 Å². The highest BCUT2D eigenvalue weighted by molar-refractivity contribution is 5.91. The van der Waals surface area contributed by atoms with Gasteiger partial charge in [-0.2, -0.15) is 0 Å². The first-order valence-corrected chi connectivity index (χ1v) is 8.18. The summed E-state index contributed by atoms with van der Waals surface area (Å²) >= 11 is 0. The molecule has 2 aromatic rings. The number of aliphatic hydroxyl groups excluding tert-OH is 1. The number of carbonyl (C=O) groups excluding carboxylic acids is 1. The Kier molecular flexibility index (Phi) is 3.49. The molecular weight excluding hydrogens is 294 g/mol. The molecule has 23 heavy (non-hydrogen) atoms. The highest BCUT2D eigenvalue weighted by Crippen LogP contribution is 2.49. The predicted octanol–water partition coefficient (Wildman–Crippen LogP) is 1.90. The monoisotopic (exact) mass is 315 g/mol. The fraction of sp³-hybridized carbons (Fsp3) is 0.529. The van der Waals surface area contributed by atoms with Gasteiger partial charge in [-0.25, -0.2) is 4.98 Å². The van der Waals surface area contributed by atoms with Crippen LogP contribution in [0, 0.1) is 5.41 Å². The minimum atomic E-state index is -0.176. The van der Waals surface area contributed by atoms with E-state index in [0.29, 0.717) is 25.4 Å². The Morgan fingerprint density at radius 1 is 1.35 bits per heavy atom. The summed E-state index contributed by atoms with van der Waals surface area (Å²) in [5, 5.41) is 9.96. The number of imidazole rings is 1. The van der Waals surface area contributed by atoms with Crippen LogP contribution in [0.25, 0.3) is 0 Å². The Morgan fingerprint density at radius 2 is 2.17 bits per heavy atom. The quantitative estimate of drug-likeness (QED) is 0.939. The molecule has 0 bridgehead atoms. The number of nitrogens with zero attached hydrogens (tertiary/aromatic N) is 3. The van der Waals surface area contributed by atoms with Crippen LogP contribution in [-0.4, -0.2) is 44.7 Å². The molecule has 2 aliphatic rings. The van der Waals surface area contributed by atoms with Crippen LogP contribution in [0.1, 0.15) is 42.0 Å². The molecular formula is C17H21N3O3. The second kappa shape index (κ2) is 5.53. The summed E-state index contributed by atoms with van der Waals surface area (Å²) in [4.78, 5) is 18.4. The second-order valence-electron chi connectivity index (χ2n) is 6.71. The summed E-state index contributed by atoms with van der Waals surface area (Å²) in [7, 11) is 0. The van der Waals surface area contributed by atoms with E-state index >= 15 is 0 Å². The third kappa shape index (κ3) is 2.57. The number of furan rings is 1. The second-order valence-corrected chi connectivity index (χ2v) is 6.71. The van der Waals surface area contributed by atoms with Gasteiger partial charge >= 0.3 is 0 Å². The van der Waals surface area contributed by atoms with Crippen molar-refractivity contribution in [2.45, 2.75) is 38.3 Å². The van der Waals surface area contributed by atoms with Crippen LogP contribution in [0.3, 0.4) is 0 Å². The van der Waals surface area contributed by atoms with Crippen molar-refractivity contribution in [2.24, 2.45) is 5.41 Å². The molecule has 0 radical (unpaired) electrons. The minimum absolute atomic E-state index is 0.0504. The van der Waals surface area contributed by atoms with Crippen LogP contribution >= 0.6 is 0 Å². The number of piperidine rings is 1. The van der Waals surface area contributed by atoms with Crippen LogP contribution in [0.2, 0.25) is 0 Å². The number of amides is 1. The maximum absolute atomic E-state index is 12.6. The smallest absolute Gasteiger partial charge is 0.289 e. The zero-order chi connectivity index (χ0) is 15.9. The summed E-state index contributed by atoms with van der Waals surface area (Å²) in [5.74, 6) is 1.09. The van der Waals surface area contributed by atoms with Gasteiger partial charge < -0.3 is 19.0 Å². The first kappa shape index (κ1) is 14.5. The van der Waals surface area contributed by atoms with Gasteiger partial charge in [-0.3, -0.25) is 4.79 Å². The topological polar surface area (TPSA) is 71.5 Å². The molecule has 2 aromatic heterocycles. The molecule has 1 N–H and O–H groups in total. The fourth-order valence-electron chi connectivity index (χ4n) is 3.71. The number of rotatable bonds is 3.